The molecule has 1 aromatic rings. The quantitative estimate of drug-likeness (QED) is 0.874. The van der Waals surface area contributed by atoms with Crippen molar-refractivity contribution in [2.45, 2.75) is 44.8 Å². The minimum Gasteiger partial charge on any atom is -0.368 e. The molecule has 4 nitrogen and oxygen atoms in total. The van der Waals surface area contributed by atoms with Crippen molar-refractivity contribution in [2.75, 3.05) is 11.9 Å². The van der Waals surface area contributed by atoms with Crippen molar-refractivity contribution in [3.05, 3.63) is 29.8 Å². The number of benzene rings is 1. The number of para-hydroxylation sites is 1. The number of aryl methyl sites for hydroxylation is 1. The summed E-state index contributed by atoms with van der Waals surface area (Å²) in [5, 5.41) is 2.87. The Bertz CT molecular complexity index is 426. The van der Waals surface area contributed by atoms with E-state index in [-0.39, 0.29) is 18.6 Å². The van der Waals surface area contributed by atoms with Gasteiger partial charge >= 0.3 is 0 Å². The van der Waals surface area contributed by atoms with E-state index >= 15 is 0 Å². The van der Waals surface area contributed by atoms with Gasteiger partial charge in [0, 0.05) is 11.7 Å². The molecular formula is C15H22N2O2. The molecule has 3 N–H and O–H groups in total. The van der Waals surface area contributed by atoms with Crippen LogP contribution in [0.25, 0.3) is 0 Å². The number of nitrogens with one attached hydrogen (secondary N) is 1. The fourth-order valence-electron chi connectivity index (χ4n) is 2.35. The molecule has 0 unspecified atom stereocenters. The summed E-state index contributed by atoms with van der Waals surface area (Å²) in [6.07, 6.45) is 4.08. The maximum absolute atomic E-state index is 11.8. The van der Waals surface area contributed by atoms with Crippen molar-refractivity contribution < 1.29 is 9.53 Å². The fraction of sp³-hybridized carbons (Fsp3) is 0.533. The Kier molecular flexibility index (Phi) is 4.93. The Balaban J connectivity index is 1.74. The van der Waals surface area contributed by atoms with Gasteiger partial charge in [-0.3, -0.25) is 4.79 Å². The SMILES string of the molecule is Cc1ccccc1NC(=O)COC1CCC(N)CC1. The number of carbonyl (C=O) groups is 1. The van der Waals surface area contributed by atoms with Crippen LogP contribution in [-0.4, -0.2) is 24.7 Å². The predicted octanol–water partition coefficient (Wildman–Crippen LogP) is 2.22. The van der Waals surface area contributed by atoms with Gasteiger partial charge < -0.3 is 15.8 Å². The molecule has 0 spiro atoms. The maximum atomic E-state index is 11.8. The summed E-state index contributed by atoms with van der Waals surface area (Å²) < 4.78 is 5.64. The van der Waals surface area contributed by atoms with E-state index in [2.05, 4.69) is 5.32 Å². The van der Waals surface area contributed by atoms with Crippen LogP contribution in [0.1, 0.15) is 31.2 Å². The van der Waals surface area contributed by atoms with Crippen LogP contribution in [0.15, 0.2) is 24.3 Å². The third-order valence-corrected chi connectivity index (χ3v) is 3.59. The van der Waals surface area contributed by atoms with Crippen LogP contribution in [0, 0.1) is 6.92 Å². The zero-order chi connectivity index (χ0) is 13.7. The van der Waals surface area contributed by atoms with Gasteiger partial charge in [-0.15, -0.1) is 0 Å². The lowest BCUT2D eigenvalue weighted by Crippen LogP contribution is -2.32. The van der Waals surface area contributed by atoms with E-state index in [9.17, 15) is 4.79 Å². The highest BCUT2D eigenvalue weighted by Gasteiger charge is 2.19. The van der Waals surface area contributed by atoms with E-state index in [4.69, 9.17) is 10.5 Å². The number of hydrogen-bond donors (Lipinski definition) is 2. The lowest BCUT2D eigenvalue weighted by atomic mass is 9.94. The molecule has 1 fully saturated rings. The van der Waals surface area contributed by atoms with E-state index in [0.29, 0.717) is 6.04 Å². The topological polar surface area (TPSA) is 64.3 Å². The summed E-state index contributed by atoms with van der Waals surface area (Å²) >= 11 is 0. The zero-order valence-corrected chi connectivity index (χ0v) is 11.4. The largest absolute Gasteiger partial charge is 0.368 e. The Morgan fingerprint density at radius 2 is 2.00 bits per heavy atom. The summed E-state index contributed by atoms with van der Waals surface area (Å²) in [6, 6.07) is 8.03. The van der Waals surface area contributed by atoms with Crippen molar-refractivity contribution in [2.24, 2.45) is 5.73 Å². The van der Waals surface area contributed by atoms with Crippen molar-refractivity contribution in [1.82, 2.24) is 0 Å². The van der Waals surface area contributed by atoms with Crippen molar-refractivity contribution in [3.63, 3.8) is 0 Å². The van der Waals surface area contributed by atoms with Gasteiger partial charge in [-0.25, -0.2) is 0 Å². The standard InChI is InChI=1S/C15H22N2O2/c1-11-4-2-3-5-14(11)17-15(18)10-19-13-8-6-12(16)7-9-13/h2-5,12-13H,6-10,16H2,1H3,(H,17,18). The molecule has 0 atom stereocenters. The van der Waals surface area contributed by atoms with Gasteiger partial charge in [-0.05, 0) is 44.2 Å². The summed E-state index contributed by atoms with van der Waals surface area (Å²) in [4.78, 5) is 11.8. The maximum Gasteiger partial charge on any atom is 0.250 e. The monoisotopic (exact) mass is 262 g/mol. The second-order valence-corrected chi connectivity index (χ2v) is 5.21. The molecule has 4 heteroatoms. The Labute approximate surface area is 114 Å². The molecule has 0 aromatic heterocycles. The summed E-state index contributed by atoms with van der Waals surface area (Å²) in [5.41, 5.74) is 7.74. The van der Waals surface area contributed by atoms with Crippen LogP contribution < -0.4 is 11.1 Å². The molecule has 2 rings (SSSR count). The molecule has 1 aromatic carbocycles. The van der Waals surface area contributed by atoms with Crippen LogP contribution in [-0.2, 0) is 9.53 Å². The fourth-order valence-corrected chi connectivity index (χ4v) is 2.35. The predicted molar refractivity (Wildman–Crippen MR) is 76.0 cm³/mol. The highest BCUT2D eigenvalue weighted by molar-refractivity contribution is 5.92. The number of amides is 1. The van der Waals surface area contributed by atoms with Crippen LogP contribution in [0.4, 0.5) is 5.69 Å². The average molecular weight is 262 g/mol. The van der Waals surface area contributed by atoms with Crippen molar-refractivity contribution in [1.29, 1.82) is 0 Å². The average Bonchev–Trinajstić information content (AvgIpc) is 2.41. The molecule has 1 aliphatic carbocycles. The van der Waals surface area contributed by atoms with E-state index in [1.54, 1.807) is 0 Å². The van der Waals surface area contributed by atoms with E-state index in [1.807, 2.05) is 31.2 Å². The normalized spacial score (nSPS) is 23.1. The lowest BCUT2D eigenvalue weighted by Gasteiger charge is -2.25. The number of ether oxygens (including phenoxy) is 1. The first-order chi connectivity index (χ1) is 9.15. The number of hydrogen-bond acceptors (Lipinski definition) is 3. The van der Waals surface area contributed by atoms with Crippen LogP contribution in [0.2, 0.25) is 0 Å². The molecular weight excluding hydrogens is 240 g/mol. The zero-order valence-electron chi connectivity index (χ0n) is 11.4. The highest BCUT2D eigenvalue weighted by atomic mass is 16.5. The molecule has 104 valence electrons. The summed E-state index contributed by atoms with van der Waals surface area (Å²) in [5.74, 6) is -0.0934. The van der Waals surface area contributed by atoms with Gasteiger partial charge in [0.15, 0.2) is 0 Å². The Morgan fingerprint density at radius 1 is 1.32 bits per heavy atom. The van der Waals surface area contributed by atoms with Gasteiger partial charge in [0.25, 0.3) is 0 Å². The van der Waals surface area contributed by atoms with Gasteiger partial charge in [0.2, 0.25) is 5.91 Å². The molecule has 19 heavy (non-hydrogen) atoms. The van der Waals surface area contributed by atoms with Crippen molar-refractivity contribution in [3.8, 4) is 0 Å². The molecule has 0 heterocycles. The Hall–Kier alpha value is -1.39. The second kappa shape index (κ2) is 6.68. The van der Waals surface area contributed by atoms with Crippen LogP contribution >= 0.6 is 0 Å². The lowest BCUT2D eigenvalue weighted by molar-refractivity contribution is -0.123. The molecule has 0 saturated heterocycles. The molecule has 0 radical (unpaired) electrons. The minimum absolute atomic E-state index is 0.0934. The Morgan fingerprint density at radius 3 is 2.68 bits per heavy atom. The first kappa shape index (κ1) is 14.0. The molecule has 0 bridgehead atoms. The van der Waals surface area contributed by atoms with E-state index < -0.39 is 0 Å². The number of carbonyl (C=O) groups excluding carboxylic acids is 1. The summed E-state index contributed by atoms with van der Waals surface area (Å²) in [6.45, 7) is 2.09. The second-order valence-electron chi connectivity index (χ2n) is 5.21. The minimum atomic E-state index is -0.0934. The first-order valence-corrected chi connectivity index (χ1v) is 6.88. The smallest absolute Gasteiger partial charge is 0.250 e. The van der Waals surface area contributed by atoms with Crippen LogP contribution in [0.3, 0.4) is 0 Å². The van der Waals surface area contributed by atoms with Gasteiger partial charge in [-0.2, -0.15) is 0 Å². The third-order valence-electron chi connectivity index (χ3n) is 3.59. The molecule has 0 aliphatic heterocycles. The third kappa shape index (κ3) is 4.33. The van der Waals surface area contributed by atoms with Gasteiger partial charge in [0.05, 0.1) is 6.10 Å². The van der Waals surface area contributed by atoms with Gasteiger partial charge in [0.1, 0.15) is 6.61 Å². The summed E-state index contributed by atoms with van der Waals surface area (Å²) in [7, 11) is 0. The van der Waals surface area contributed by atoms with Crippen molar-refractivity contribution >= 4 is 11.6 Å². The van der Waals surface area contributed by atoms with E-state index in [0.717, 1.165) is 36.9 Å². The number of rotatable bonds is 4. The number of anilines is 1. The molecule has 1 aliphatic rings. The van der Waals surface area contributed by atoms with Crippen LogP contribution in [0.5, 0.6) is 0 Å². The number of nitrogens with two attached hydrogens (primary N) is 1. The van der Waals surface area contributed by atoms with E-state index in [1.165, 1.54) is 0 Å². The first-order valence-electron chi connectivity index (χ1n) is 6.88. The molecule has 1 amide bonds. The molecule has 1 saturated carbocycles. The highest BCUT2D eigenvalue weighted by Crippen LogP contribution is 2.20. The van der Waals surface area contributed by atoms with Gasteiger partial charge in [-0.1, -0.05) is 18.2 Å².